The molecule has 6 nitrogen and oxygen atoms in total. The van der Waals surface area contributed by atoms with Gasteiger partial charge in [-0.2, -0.15) is 0 Å². The molecule has 1 fully saturated rings. The summed E-state index contributed by atoms with van der Waals surface area (Å²) < 4.78 is 98.3. The van der Waals surface area contributed by atoms with Crippen molar-refractivity contribution in [1.29, 1.82) is 0 Å². The van der Waals surface area contributed by atoms with Gasteiger partial charge in [-0.1, -0.05) is 15.9 Å². The van der Waals surface area contributed by atoms with Crippen LogP contribution in [0.15, 0.2) is 22.7 Å². The molecule has 1 aliphatic heterocycles. The number of rotatable bonds is 2. The minimum absolute atomic E-state index is 0.0173. The van der Waals surface area contributed by atoms with E-state index in [9.17, 15) is 9.59 Å². The summed E-state index contributed by atoms with van der Waals surface area (Å²) in [5, 5.41) is 0. The van der Waals surface area contributed by atoms with Gasteiger partial charge in [0.15, 0.2) is 0 Å². The highest BCUT2D eigenvalue weighted by molar-refractivity contribution is 9.10. The number of nitrogens with zero attached hydrogens (tertiary/aromatic N) is 2. The number of benzene rings is 1. The Balaban J connectivity index is 2.80. The SMILES string of the molecule is [2H]C([2H])([2H])OC(=O)c1cc(Br)ccc1N1C([2H])([2H])C([2H])([2H])N(C(=O)OC(C)(C)C)C([2H])([2H])C1([2H])[2H]. The van der Waals surface area contributed by atoms with Crippen molar-refractivity contribution in [2.24, 2.45) is 0 Å². The van der Waals surface area contributed by atoms with E-state index in [1.54, 1.807) is 0 Å². The van der Waals surface area contributed by atoms with Gasteiger partial charge in [0.1, 0.15) is 5.60 Å². The molecule has 0 radical (unpaired) electrons. The van der Waals surface area contributed by atoms with Crippen molar-refractivity contribution in [1.82, 2.24) is 4.90 Å². The van der Waals surface area contributed by atoms with Crippen LogP contribution in [0, 0.1) is 0 Å². The van der Waals surface area contributed by atoms with E-state index in [1.807, 2.05) is 0 Å². The Kier molecular flexibility index (Phi) is 2.65. The Bertz CT molecular complexity index is 996. The minimum Gasteiger partial charge on any atom is -0.465 e. The smallest absolute Gasteiger partial charge is 0.410 e. The Morgan fingerprint density at radius 1 is 1.25 bits per heavy atom. The molecule has 0 unspecified atom stereocenters. The van der Waals surface area contributed by atoms with E-state index >= 15 is 0 Å². The zero-order chi connectivity index (χ0) is 27.6. The third-order valence-corrected chi connectivity index (χ3v) is 3.13. The average Bonchev–Trinajstić information content (AvgIpc) is 2.58. The summed E-state index contributed by atoms with van der Waals surface area (Å²) in [5.74, 6) is -1.52. The van der Waals surface area contributed by atoms with Gasteiger partial charge in [0, 0.05) is 30.5 Å². The lowest BCUT2D eigenvalue weighted by atomic mass is 10.1. The molecule has 0 saturated carbocycles. The predicted octanol–water partition coefficient (Wildman–Crippen LogP) is 3.29. The maximum atomic E-state index is 12.8. The Morgan fingerprint density at radius 2 is 1.92 bits per heavy atom. The third kappa shape index (κ3) is 4.63. The van der Waals surface area contributed by atoms with Crippen LogP contribution in [0.1, 0.15) is 46.2 Å². The van der Waals surface area contributed by atoms with Crippen molar-refractivity contribution in [2.45, 2.75) is 26.4 Å². The lowest BCUT2D eigenvalue weighted by Gasteiger charge is -2.37. The molecule has 0 spiro atoms. The summed E-state index contributed by atoms with van der Waals surface area (Å²) in [6, 6.07) is 3.17. The van der Waals surface area contributed by atoms with Crippen LogP contribution >= 0.6 is 15.9 Å². The number of anilines is 1. The first-order chi connectivity index (χ1) is 15.4. The van der Waals surface area contributed by atoms with Crippen molar-refractivity contribution >= 4 is 33.7 Å². The summed E-state index contributed by atoms with van der Waals surface area (Å²) in [7, 11) is -3.21. The lowest BCUT2D eigenvalue weighted by Crippen LogP contribution is -2.50. The van der Waals surface area contributed by atoms with Gasteiger partial charge < -0.3 is 19.3 Å². The first-order valence-corrected chi connectivity index (χ1v) is 7.54. The Hall–Kier alpha value is -1.76. The van der Waals surface area contributed by atoms with E-state index in [2.05, 4.69) is 20.7 Å². The number of carbonyl (C=O) groups excluding carboxylic acids is 2. The molecule has 0 N–H and O–H groups in total. The topological polar surface area (TPSA) is 59.1 Å². The molecule has 1 aliphatic rings. The number of ether oxygens (including phenoxy) is 2. The summed E-state index contributed by atoms with van der Waals surface area (Å²) in [5.41, 5.74) is -2.66. The van der Waals surface area contributed by atoms with Gasteiger partial charge in [0.2, 0.25) is 0 Å². The summed E-state index contributed by atoms with van der Waals surface area (Å²) >= 11 is 3.05. The van der Waals surface area contributed by atoms with Crippen LogP contribution in [0.3, 0.4) is 0 Å². The summed E-state index contributed by atoms with van der Waals surface area (Å²) in [6.45, 7) is -9.98. The van der Waals surface area contributed by atoms with Crippen LogP contribution in [0.4, 0.5) is 10.5 Å². The monoisotopic (exact) mass is 409 g/mol. The summed E-state index contributed by atoms with van der Waals surface area (Å²) in [6.07, 6.45) is -1.65. The zero-order valence-electron chi connectivity index (χ0n) is 24.1. The molecule has 0 bridgehead atoms. The number of hydrogen-bond donors (Lipinski definition) is 0. The fourth-order valence-electron chi connectivity index (χ4n) is 1.70. The molecule has 7 heteroatoms. The number of hydrogen-bond acceptors (Lipinski definition) is 5. The molecular formula is C17H23BrN2O4. The molecule has 1 heterocycles. The van der Waals surface area contributed by atoms with E-state index in [4.69, 9.17) is 19.8 Å². The van der Waals surface area contributed by atoms with E-state index < -0.39 is 61.9 Å². The van der Waals surface area contributed by atoms with Gasteiger partial charge in [-0.25, -0.2) is 9.59 Å². The summed E-state index contributed by atoms with van der Waals surface area (Å²) in [4.78, 5) is 25.1. The Morgan fingerprint density at radius 3 is 2.50 bits per heavy atom. The molecule has 1 aromatic rings. The maximum Gasteiger partial charge on any atom is 0.410 e. The van der Waals surface area contributed by atoms with Crippen LogP contribution in [-0.4, -0.2) is 55.6 Å². The van der Waals surface area contributed by atoms with Crippen molar-refractivity contribution in [3.8, 4) is 0 Å². The second-order valence-electron chi connectivity index (χ2n) is 5.65. The van der Waals surface area contributed by atoms with Gasteiger partial charge in [0.05, 0.1) is 33.4 Å². The lowest BCUT2D eigenvalue weighted by molar-refractivity contribution is 0.0240. The first-order valence-electron chi connectivity index (χ1n) is 12.2. The molecule has 0 aromatic heterocycles. The first kappa shape index (κ1) is 8.56. The number of esters is 1. The standard InChI is InChI=1S/C17H23BrN2O4/c1-17(2,3)24-16(22)20-9-7-19(8-10-20)14-6-5-12(18)11-13(14)15(21)23-4/h5-6,11H,7-10H2,1-4H3/i4D3,7D2,8D2,9D2,10D2. The average molecular weight is 410 g/mol. The molecule has 0 atom stereocenters. The zero-order valence-corrected chi connectivity index (χ0v) is 14.7. The molecule has 1 aromatic carbocycles. The van der Waals surface area contributed by atoms with Gasteiger partial charge in [0.25, 0.3) is 0 Å². The third-order valence-electron chi connectivity index (χ3n) is 2.64. The minimum atomic E-state index is -3.57. The van der Waals surface area contributed by atoms with Crippen LogP contribution in [0.5, 0.6) is 0 Å². The normalized spacial score (nSPS) is 30.9. The van der Waals surface area contributed by atoms with Crippen molar-refractivity contribution in [2.75, 3.05) is 37.9 Å². The largest absolute Gasteiger partial charge is 0.465 e. The maximum absolute atomic E-state index is 12.8. The van der Waals surface area contributed by atoms with Crippen LogP contribution in [-0.2, 0) is 9.47 Å². The van der Waals surface area contributed by atoms with Crippen LogP contribution in [0.25, 0.3) is 0 Å². The highest BCUT2D eigenvalue weighted by atomic mass is 79.9. The molecule has 1 amide bonds. The van der Waals surface area contributed by atoms with Gasteiger partial charge in [-0.15, -0.1) is 0 Å². The number of methoxy groups -OCH3 is 1. The highest BCUT2D eigenvalue weighted by Crippen LogP contribution is 2.26. The Labute approximate surface area is 166 Å². The number of amides is 1. The number of piperazine rings is 1. The quantitative estimate of drug-likeness (QED) is 0.701. The van der Waals surface area contributed by atoms with Crippen LogP contribution in [0.2, 0.25) is 0 Å². The second-order valence-corrected chi connectivity index (χ2v) is 6.57. The van der Waals surface area contributed by atoms with E-state index in [0.717, 1.165) is 12.1 Å². The molecule has 2 rings (SSSR count). The van der Waals surface area contributed by atoms with Crippen molar-refractivity contribution in [3.63, 3.8) is 0 Å². The molecule has 24 heavy (non-hydrogen) atoms. The fourth-order valence-corrected chi connectivity index (χ4v) is 2.06. The highest BCUT2D eigenvalue weighted by Gasteiger charge is 2.27. The van der Waals surface area contributed by atoms with Crippen LogP contribution < -0.4 is 4.90 Å². The van der Waals surface area contributed by atoms with Crippen molar-refractivity contribution in [3.05, 3.63) is 28.2 Å². The van der Waals surface area contributed by atoms with E-state index in [1.165, 1.54) is 26.8 Å². The second kappa shape index (κ2) is 7.42. The molecule has 1 saturated heterocycles. The molecule has 132 valence electrons. The predicted molar refractivity (Wildman–Crippen MR) is 95.5 cm³/mol. The van der Waals surface area contributed by atoms with Gasteiger partial charge >= 0.3 is 12.1 Å². The van der Waals surface area contributed by atoms with E-state index in [-0.39, 0.29) is 14.3 Å². The van der Waals surface area contributed by atoms with Crippen molar-refractivity contribution < 1.29 is 34.1 Å². The number of halogens is 1. The number of carbonyl (C=O) groups is 2. The van der Waals surface area contributed by atoms with E-state index in [0.29, 0.717) is 0 Å². The molecular weight excluding hydrogens is 376 g/mol. The fraction of sp³-hybridized carbons (Fsp3) is 0.529. The van der Waals surface area contributed by atoms with Gasteiger partial charge in [-0.3, -0.25) is 0 Å². The molecule has 0 aliphatic carbocycles. The van der Waals surface area contributed by atoms with Gasteiger partial charge in [-0.05, 0) is 39.0 Å².